The molecule has 0 saturated heterocycles. The molecular weight excluding hydrogens is 346 g/mol. The first-order valence-corrected chi connectivity index (χ1v) is 9.50. The van der Waals surface area contributed by atoms with Gasteiger partial charge >= 0.3 is 0 Å². The summed E-state index contributed by atoms with van der Waals surface area (Å²) >= 11 is 0. The third kappa shape index (κ3) is 3.22. The molecule has 144 valence electrons. The summed E-state index contributed by atoms with van der Waals surface area (Å²) in [7, 11) is 1.79. The van der Waals surface area contributed by atoms with Gasteiger partial charge in [0, 0.05) is 32.6 Å². The largest absolute Gasteiger partial charge is 0.364 e. The molecule has 27 heavy (non-hydrogen) atoms. The van der Waals surface area contributed by atoms with Crippen LogP contribution in [0.1, 0.15) is 54.7 Å². The Morgan fingerprint density at radius 3 is 2.74 bits per heavy atom. The van der Waals surface area contributed by atoms with Gasteiger partial charge in [0.1, 0.15) is 5.82 Å². The quantitative estimate of drug-likeness (QED) is 0.808. The first kappa shape index (κ1) is 17.7. The van der Waals surface area contributed by atoms with Gasteiger partial charge in [-0.15, -0.1) is 5.10 Å². The van der Waals surface area contributed by atoms with Gasteiger partial charge in [-0.1, -0.05) is 18.1 Å². The number of carbonyl (C=O) groups is 2. The van der Waals surface area contributed by atoms with Crippen LogP contribution in [0, 0.1) is 5.41 Å². The number of amides is 2. The Hall–Kier alpha value is -2.71. The van der Waals surface area contributed by atoms with E-state index in [1.54, 1.807) is 18.1 Å². The van der Waals surface area contributed by atoms with E-state index in [0.717, 1.165) is 37.4 Å². The van der Waals surface area contributed by atoms with E-state index in [1.807, 2.05) is 15.4 Å². The van der Waals surface area contributed by atoms with Crippen LogP contribution in [0.4, 0.5) is 5.82 Å². The maximum atomic E-state index is 11.4. The van der Waals surface area contributed by atoms with E-state index < -0.39 is 5.91 Å². The zero-order valence-corrected chi connectivity index (χ0v) is 15.6. The van der Waals surface area contributed by atoms with Crippen molar-refractivity contribution in [2.24, 2.45) is 11.1 Å². The molecule has 9 nitrogen and oxygen atoms in total. The second-order valence-corrected chi connectivity index (χ2v) is 7.76. The van der Waals surface area contributed by atoms with Crippen molar-refractivity contribution >= 4 is 17.6 Å². The van der Waals surface area contributed by atoms with Crippen molar-refractivity contribution < 1.29 is 9.59 Å². The minimum Gasteiger partial charge on any atom is -0.364 e. The highest BCUT2D eigenvalue weighted by atomic mass is 16.2. The minimum atomic E-state index is -0.453. The van der Waals surface area contributed by atoms with Gasteiger partial charge in [0.05, 0.1) is 11.9 Å². The van der Waals surface area contributed by atoms with Gasteiger partial charge in [-0.05, 0) is 31.1 Å². The molecule has 5 rings (SSSR count). The van der Waals surface area contributed by atoms with Gasteiger partial charge in [-0.2, -0.15) is 5.10 Å². The molecule has 0 unspecified atom stereocenters. The summed E-state index contributed by atoms with van der Waals surface area (Å²) in [5.41, 5.74) is 6.94. The summed E-state index contributed by atoms with van der Waals surface area (Å²) in [6.45, 7) is 1.76. The lowest BCUT2D eigenvalue weighted by molar-refractivity contribution is -0.118. The number of nitrogens with two attached hydrogens (primary N) is 1. The van der Waals surface area contributed by atoms with Crippen LogP contribution in [-0.4, -0.2) is 43.6 Å². The molecule has 2 N–H and O–H groups in total. The van der Waals surface area contributed by atoms with Gasteiger partial charge < -0.3 is 10.6 Å². The van der Waals surface area contributed by atoms with Crippen LogP contribution in [0.25, 0.3) is 0 Å². The van der Waals surface area contributed by atoms with E-state index in [1.165, 1.54) is 25.7 Å². The van der Waals surface area contributed by atoms with E-state index in [4.69, 9.17) is 5.73 Å². The highest BCUT2D eigenvalue weighted by Gasteiger charge is 2.42. The lowest BCUT2D eigenvalue weighted by Crippen LogP contribution is -2.25. The van der Waals surface area contributed by atoms with Crippen molar-refractivity contribution in [3.63, 3.8) is 0 Å². The lowest BCUT2D eigenvalue weighted by Gasteiger charge is -2.20. The fraction of sp³-hybridized carbons (Fsp3) is 0.611. The normalized spacial score (nSPS) is 20.0. The zero-order valence-electron chi connectivity index (χ0n) is 15.6. The first-order chi connectivity index (χ1) is 13.0. The van der Waals surface area contributed by atoms with Gasteiger partial charge in [-0.25, -0.2) is 9.36 Å². The van der Waals surface area contributed by atoms with Gasteiger partial charge in [-0.3, -0.25) is 9.59 Å². The number of hydrogen-bond donors (Lipinski definition) is 1. The van der Waals surface area contributed by atoms with Crippen LogP contribution in [0.2, 0.25) is 0 Å². The molecular formula is C18H25N7O2. The first-order valence-electron chi connectivity index (χ1n) is 9.50. The average molecular weight is 371 g/mol. The standard InChI is InChI=1S/C10H14N4O.C8H11N3O/c11-9(15)8-7-5-10(3-1-2-4-10)6-14(7)13-12-8;1-10-7-4-5-9-11(7)6-2-3-8(10)12/h1-6H2,(H2,11,15);4-5H,2-3,6H2,1H3. The Morgan fingerprint density at radius 2 is 2.00 bits per heavy atom. The molecule has 2 aliphatic heterocycles. The molecule has 0 aromatic carbocycles. The van der Waals surface area contributed by atoms with Gasteiger partial charge in [0.15, 0.2) is 5.69 Å². The molecule has 2 aromatic heterocycles. The Morgan fingerprint density at radius 1 is 1.22 bits per heavy atom. The summed E-state index contributed by atoms with van der Waals surface area (Å²) in [4.78, 5) is 24.2. The van der Waals surface area contributed by atoms with Crippen LogP contribution in [0.5, 0.6) is 0 Å². The number of aromatic nitrogens is 5. The van der Waals surface area contributed by atoms with E-state index >= 15 is 0 Å². The molecule has 0 radical (unpaired) electrons. The van der Waals surface area contributed by atoms with E-state index in [2.05, 4.69) is 15.4 Å². The Kier molecular flexibility index (Phi) is 4.45. The van der Waals surface area contributed by atoms with Crippen molar-refractivity contribution in [3.8, 4) is 0 Å². The monoisotopic (exact) mass is 371 g/mol. The molecule has 4 heterocycles. The number of hydrogen-bond acceptors (Lipinski definition) is 5. The SMILES string of the molecule is CN1C(=O)CCCn2nccc21.NC(=O)c1nnn2c1CC1(CCCC1)C2. The Bertz CT molecular complexity index is 863. The predicted molar refractivity (Wildman–Crippen MR) is 98.0 cm³/mol. The maximum absolute atomic E-state index is 11.4. The van der Waals surface area contributed by atoms with E-state index in [9.17, 15) is 9.59 Å². The van der Waals surface area contributed by atoms with Crippen LogP contribution in [0.15, 0.2) is 12.3 Å². The number of fused-ring (bicyclic) bond motifs is 2. The maximum Gasteiger partial charge on any atom is 0.271 e. The van der Waals surface area contributed by atoms with Gasteiger partial charge in [0.2, 0.25) is 5.91 Å². The third-order valence-electron chi connectivity index (χ3n) is 5.94. The van der Waals surface area contributed by atoms with Crippen molar-refractivity contribution in [1.29, 1.82) is 0 Å². The highest BCUT2D eigenvalue weighted by molar-refractivity contribution is 5.92. The molecule has 1 saturated carbocycles. The number of carbonyl (C=O) groups excluding carboxylic acids is 2. The second-order valence-electron chi connectivity index (χ2n) is 7.76. The number of primary amides is 1. The number of anilines is 1. The smallest absolute Gasteiger partial charge is 0.271 e. The highest BCUT2D eigenvalue weighted by Crippen LogP contribution is 2.46. The topological polar surface area (TPSA) is 112 Å². The minimum absolute atomic E-state index is 0.175. The number of aryl methyl sites for hydroxylation is 1. The summed E-state index contributed by atoms with van der Waals surface area (Å²) < 4.78 is 3.73. The molecule has 1 aliphatic carbocycles. The third-order valence-corrected chi connectivity index (χ3v) is 5.94. The molecule has 9 heteroatoms. The summed E-state index contributed by atoms with van der Waals surface area (Å²) in [6, 6.07) is 1.86. The fourth-order valence-corrected chi connectivity index (χ4v) is 4.47. The predicted octanol–water partition coefficient (Wildman–Crippen LogP) is 1.13. The van der Waals surface area contributed by atoms with Crippen LogP contribution >= 0.6 is 0 Å². The summed E-state index contributed by atoms with van der Waals surface area (Å²) in [6.07, 6.45) is 9.25. The molecule has 1 spiro atoms. The molecule has 2 aromatic rings. The van der Waals surface area contributed by atoms with Crippen molar-refractivity contribution in [2.45, 2.75) is 58.0 Å². The Balaban J connectivity index is 0.000000137. The molecule has 1 fully saturated rings. The fourth-order valence-electron chi connectivity index (χ4n) is 4.47. The van der Waals surface area contributed by atoms with Crippen LogP contribution in [0.3, 0.4) is 0 Å². The summed E-state index contributed by atoms with van der Waals surface area (Å²) in [5, 5.41) is 12.0. The molecule has 2 amide bonds. The molecule has 0 atom stereocenters. The van der Waals surface area contributed by atoms with E-state index in [0.29, 0.717) is 17.5 Å². The number of nitrogens with zero attached hydrogens (tertiary/aromatic N) is 6. The molecule has 3 aliphatic rings. The van der Waals surface area contributed by atoms with Crippen molar-refractivity contribution in [2.75, 3.05) is 11.9 Å². The molecule has 0 bridgehead atoms. The average Bonchev–Trinajstić information content (AvgIpc) is 3.39. The van der Waals surface area contributed by atoms with Crippen molar-refractivity contribution in [1.82, 2.24) is 24.8 Å². The van der Waals surface area contributed by atoms with Crippen LogP contribution in [-0.2, 0) is 24.3 Å². The van der Waals surface area contributed by atoms with Crippen molar-refractivity contribution in [3.05, 3.63) is 23.7 Å². The second kappa shape index (κ2) is 6.79. The van der Waals surface area contributed by atoms with Crippen LogP contribution < -0.4 is 10.6 Å². The number of rotatable bonds is 1. The lowest BCUT2D eigenvalue weighted by atomic mass is 9.84. The van der Waals surface area contributed by atoms with Gasteiger partial charge in [0.25, 0.3) is 5.91 Å². The Labute approximate surface area is 157 Å². The summed E-state index contributed by atoms with van der Waals surface area (Å²) in [5.74, 6) is 0.623. The van der Waals surface area contributed by atoms with E-state index in [-0.39, 0.29) is 5.91 Å². The zero-order chi connectivity index (χ0) is 19.0.